The highest BCUT2D eigenvalue weighted by molar-refractivity contribution is 5.69. The Kier molecular flexibility index (Phi) is 8.15. The second-order valence-corrected chi connectivity index (χ2v) is 6.01. The van der Waals surface area contributed by atoms with Crippen molar-refractivity contribution in [3.05, 3.63) is 0 Å². The lowest BCUT2D eigenvalue weighted by atomic mass is 10.1. The van der Waals surface area contributed by atoms with Crippen molar-refractivity contribution in [3.63, 3.8) is 0 Å². The fraction of sp³-hybridized carbons (Fsp3) is 0.938. The lowest BCUT2D eigenvalue weighted by molar-refractivity contribution is -0.158. The molecule has 1 rings (SSSR count). The molecule has 1 saturated heterocycles. The molecule has 0 aromatic carbocycles. The highest BCUT2D eigenvalue weighted by Crippen LogP contribution is 2.22. The minimum atomic E-state index is -0.546. The van der Waals surface area contributed by atoms with Gasteiger partial charge in [-0.2, -0.15) is 0 Å². The lowest BCUT2D eigenvalue weighted by Gasteiger charge is -2.16. The van der Waals surface area contributed by atoms with E-state index in [9.17, 15) is 4.79 Å². The summed E-state index contributed by atoms with van der Waals surface area (Å²) in [6.45, 7) is 6.76. The second-order valence-electron chi connectivity index (χ2n) is 6.01. The number of esters is 1. The number of carbonyl (C=O) groups is 1. The summed E-state index contributed by atoms with van der Waals surface area (Å²) >= 11 is 0. The van der Waals surface area contributed by atoms with Crippen molar-refractivity contribution in [1.29, 1.82) is 0 Å². The Bertz CT molecular complexity index is 276. The Morgan fingerprint density at radius 1 is 1.15 bits per heavy atom. The monoisotopic (exact) mass is 286 g/mol. The Hall–Kier alpha value is -0.610. The topological polar surface area (TPSA) is 44.8 Å². The van der Waals surface area contributed by atoms with E-state index in [0.29, 0.717) is 19.6 Å². The van der Waals surface area contributed by atoms with E-state index in [2.05, 4.69) is 6.92 Å². The smallest absolute Gasteiger partial charge is 0.305 e. The average molecular weight is 286 g/mol. The number of carbonyl (C=O) groups excluding carboxylic acids is 1. The molecule has 1 aliphatic rings. The van der Waals surface area contributed by atoms with E-state index < -0.39 is 5.79 Å². The van der Waals surface area contributed by atoms with Crippen molar-refractivity contribution in [2.75, 3.05) is 13.2 Å². The van der Waals surface area contributed by atoms with Gasteiger partial charge in [0.15, 0.2) is 5.79 Å². The maximum absolute atomic E-state index is 11.6. The molecule has 20 heavy (non-hydrogen) atoms. The Morgan fingerprint density at radius 2 is 1.80 bits per heavy atom. The van der Waals surface area contributed by atoms with E-state index in [4.69, 9.17) is 14.2 Å². The van der Waals surface area contributed by atoms with Crippen molar-refractivity contribution in [1.82, 2.24) is 0 Å². The van der Waals surface area contributed by atoms with Gasteiger partial charge in [0.1, 0.15) is 12.7 Å². The van der Waals surface area contributed by atoms with E-state index in [1.165, 1.54) is 32.1 Å². The van der Waals surface area contributed by atoms with Gasteiger partial charge in [0.2, 0.25) is 0 Å². The normalized spacial score (nSPS) is 21.1. The van der Waals surface area contributed by atoms with E-state index in [-0.39, 0.29) is 12.1 Å². The van der Waals surface area contributed by atoms with Crippen molar-refractivity contribution in [2.24, 2.45) is 0 Å². The van der Waals surface area contributed by atoms with Gasteiger partial charge in [-0.15, -0.1) is 0 Å². The third-order valence-corrected chi connectivity index (χ3v) is 3.48. The van der Waals surface area contributed by atoms with Gasteiger partial charge in [-0.3, -0.25) is 4.79 Å². The summed E-state index contributed by atoms with van der Waals surface area (Å²) in [7, 11) is 0. The predicted molar refractivity (Wildman–Crippen MR) is 78.5 cm³/mol. The maximum atomic E-state index is 11.6. The first-order chi connectivity index (χ1) is 9.53. The molecule has 4 nitrogen and oxygen atoms in total. The van der Waals surface area contributed by atoms with Crippen LogP contribution in [0.15, 0.2) is 0 Å². The van der Waals surface area contributed by atoms with Crippen LogP contribution in [0.1, 0.15) is 72.1 Å². The molecule has 0 bridgehead atoms. The van der Waals surface area contributed by atoms with Crippen molar-refractivity contribution in [3.8, 4) is 0 Å². The first kappa shape index (κ1) is 17.4. The molecule has 1 fully saturated rings. The summed E-state index contributed by atoms with van der Waals surface area (Å²) in [6.07, 6.45) is 8.86. The van der Waals surface area contributed by atoms with E-state index in [1.807, 2.05) is 13.8 Å². The largest absolute Gasteiger partial charge is 0.463 e. The minimum absolute atomic E-state index is 0.119. The fourth-order valence-corrected chi connectivity index (χ4v) is 2.33. The van der Waals surface area contributed by atoms with Crippen LogP contribution in [0.25, 0.3) is 0 Å². The molecule has 0 aliphatic carbocycles. The molecule has 0 radical (unpaired) electrons. The zero-order chi connectivity index (χ0) is 14.8. The molecule has 0 unspecified atom stereocenters. The number of hydrogen-bond acceptors (Lipinski definition) is 4. The van der Waals surface area contributed by atoms with Gasteiger partial charge in [-0.1, -0.05) is 45.4 Å². The van der Waals surface area contributed by atoms with E-state index in [1.54, 1.807) is 0 Å². The number of rotatable bonds is 10. The van der Waals surface area contributed by atoms with Crippen LogP contribution in [0.4, 0.5) is 0 Å². The second kappa shape index (κ2) is 9.35. The summed E-state index contributed by atoms with van der Waals surface area (Å²) < 4.78 is 16.2. The molecule has 0 N–H and O–H groups in total. The van der Waals surface area contributed by atoms with E-state index in [0.717, 1.165) is 12.8 Å². The third-order valence-electron chi connectivity index (χ3n) is 3.48. The van der Waals surface area contributed by atoms with Crippen LogP contribution < -0.4 is 0 Å². The summed E-state index contributed by atoms with van der Waals surface area (Å²) in [5, 5.41) is 0. The lowest BCUT2D eigenvalue weighted by Crippen LogP contribution is -2.25. The molecule has 0 aromatic heterocycles. The Balaban J connectivity index is 1.93. The molecule has 4 heteroatoms. The van der Waals surface area contributed by atoms with Gasteiger partial charge < -0.3 is 14.2 Å². The fourth-order valence-electron chi connectivity index (χ4n) is 2.33. The molecule has 1 atom stereocenters. The Morgan fingerprint density at radius 3 is 2.40 bits per heavy atom. The van der Waals surface area contributed by atoms with Gasteiger partial charge in [-0.25, -0.2) is 0 Å². The standard InChI is InChI=1S/C16H30O4/c1-4-5-6-7-8-9-10-11-15(17)18-12-14-13-19-16(2,3)20-14/h14H,4-13H2,1-3H3/t14-/m1/s1. The number of hydrogen-bond donors (Lipinski definition) is 0. The molecule has 0 aromatic rings. The third kappa shape index (κ3) is 7.85. The summed E-state index contributed by atoms with van der Waals surface area (Å²) in [6, 6.07) is 0. The molecule has 1 heterocycles. The molecule has 1 aliphatic heterocycles. The summed E-state index contributed by atoms with van der Waals surface area (Å²) in [5.41, 5.74) is 0. The molecule has 0 amide bonds. The SMILES string of the molecule is CCCCCCCCCC(=O)OC[C@@H]1COC(C)(C)O1. The van der Waals surface area contributed by atoms with Gasteiger partial charge >= 0.3 is 5.97 Å². The quantitative estimate of drug-likeness (QED) is 0.452. The van der Waals surface area contributed by atoms with Gasteiger partial charge in [-0.05, 0) is 20.3 Å². The van der Waals surface area contributed by atoms with Crippen LogP contribution >= 0.6 is 0 Å². The van der Waals surface area contributed by atoms with E-state index >= 15 is 0 Å². The van der Waals surface area contributed by atoms with Gasteiger partial charge in [0.05, 0.1) is 6.61 Å². The van der Waals surface area contributed by atoms with Crippen LogP contribution in [-0.4, -0.2) is 31.1 Å². The molecule has 0 spiro atoms. The van der Waals surface area contributed by atoms with Crippen LogP contribution in [0.3, 0.4) is 0 Å². The molecular weight excluding hydrogens is 256 g/mol. The average Bonchev–Trinajstić information content (AvgIpc) is 2.75. The summed E-state index contributed by atoms with van der Waals surface area (Å²) in [5.74, 6) is -0.665. The Labute approximate surface area is 123 Å². The summed E-state index contributed by atoms with van der Waals surface area (Å²) in [4.78, 5) is 11.6. The van der Waals surface area contributed by atoms with Crippen LogP contribution in [0.5, 0.6) is 0 Å². The van der Waals surface area contributed by atoms with Gasteiger partial charge in [0.25, 0.3) is 0 Å². The van der Waals surface area contributed by atoms with Crippen molar-refractivity contribution < 1.29 is 19.0 Å². The zero-order valence-electron chi connectivity index (χ0n) is 13.3. The maximum Gasteiger partial charge on any atom is 0.305 e. The zero-order valence-corrected chi connectivity index (χ0v) is 13.3. The first-order valence-electron chi connectivity index (χ1n) is 8.01. The van der Waals surface area contributed by atoms with Crippen LogP contribution in [0, 0.1) is 0 Å². The first-order valence-corrected chi connectivity index (χ1v) is 8.01. The molecule has 118 valence electrons. The van der Waals surface area contributed by atoms with Crippen molar-refractivity contribution in [2.45, 2.75) is 84.0 Å². The highest BCUT2D eigenvalue weighted by atomic mass is 16.7. The number of unbranched alkanes of at least 4 members (excludes halogenated alkanes) is 6. The molecule has 0 saturated carbocycles. The number of ether oxygens (including phenoxy) is 3. The van der Waals surface area contributed by atoms with Crippen LogP contribution in [0.2, 0.25) is 0 Å². The predicted octanol–water partition coefficient (Wildman–Crippen LogP) is 3.82. The van der Waals surface area contributed by atoms with Crippen LogP contribution in [-0.2, 0) is 19.0 Å². The van der Waals surface area contributed by atoms with Gasteiger partial charge in [0, 0.05) is 6.42 Å². The highest BCUT2D eigenvalue weighted by Gasteiger charge is 2.33. The molecular formula is C16H30O4. The van der Waals surface area contributed by atoms with Crippen molar-refractivity contribution >= 4 is 5.97 Å². The minimum Gasteiger partial charge on any atom is -0.463 e.